The lowest BCUT2D eigenvalue weighted by atomic mass is 9.91. The molecule has 3 rings (SSSR count). The summed E-state index contributed by atoms with van der Waals surface area (Å²) in [5.74, 6) is -2.13. The molecule has 0 aliphatic carbocycles. The number of nitrogens with zero attached hydrogens (tertiary/aromatic N) is 1. The van der Waals surface area contributed by atoms with Crippen LogP contribution in [-0.2, 0) is 17.9 Å². The molecule has 34 heavy (non-hydrogen) atoms. The molecule has 3 atom stereocenters. The zero-order chi connectivity index (χ0) is 24.8. The molecule has 184 valence electrons. The van der Waals surface area contributed by atoms with Crippen molar-refractivity contribution in [2.75, 3.05) is 13.1 Å². The van der Waals surface area contributed by atoms with Gasteiger partial charge in [0, 0.05) is 26.2 Å². The predicted octanol–water partition coefficient (Wildman–Crippen LogP) is 4.51. The van der Waals surface area contributed by atoms with Gasteiger partial charge in [-0.3, -0.25) is 14.5 Å². The van der Waals surface area contributed by atoms with E-state index in [9.17, 15) is 18.4 Å². The third-order valence-electron chi connectivity index (χ3n) is 6.27. The highest BCUT2D eigenvalue weighted by atomic mass is 19.1. The Hall–Kier alpha value is -2.80. The fourth-order valence-electron chi connectivity index (χ4n) is 4.70. The molecule has 7 heteroatoms. The van der Waals surface area contributed by atoms with Gasteiger partial charge in [-0.05, 0) is 47.4 Å². The number of carbonyl (C=O) groups excluding carboxylic acids is 2. The molecular formula is C27H35F2N3O2. The smallest absolute Gasteiger partial charge is 0.257 e. The molecule has 1 aliphatic rings. The molecule has 1 fully saturated rings. The average Bonchev–Trinajstić information content (AvgIpc) is 2.76. The van der Waals surface area contributed by atoms with Gasteiger partial charge in [-0.1, -0.05) is 58.0 Å². The second-order valence-electron chi connectivity index (χ2n) is 9.97. The van der Waals surface area contributed by atoms with Crippen LogP contribution in [0.25, 0.3) is 0 Å². The van der Waals surface area contributed by atoms with Crippen LogP contribution < -0.4 is 10.6 Å². The Morgan fingerprint density at radius 1 is 0.971 bits per heavy atom. The summed E-state index contributed by atoms with van der Waals surface area (Å²) in [5.41, 5.74) is 1.48. The Balaban J connectivity index is 1.56. The van der Waals surface area contributed by atoms with Crippen LogP contribution >= 0.6 is 0 Å². The fraction of sp³-hybridized carbons (Fsp3) is 0.481. The summed E-state index contributed by atoms with van der Waals surface area (Å²) >= 11 is 0. The van der Waals surface area contributed by atoms with Crippen molar-refractivity contribution in [2.24, 2.45) is 17.8 Å². The highest BCUT2D eigenvalue weighted by Crippen LogP contribution is 2.22. The van der Waals surface area contributed by atoms with Crippen molar-refractivity contribution in [2.45, 2.75) is 53.2 Å². The Labute approximate surface area is 200 Å². The monoisotopic (exact) mass is 471 g/mol. The van der Waals surface area contributed by atoms with E-state index in [4.69, 9.17) is 0 Å². The van der Waals surface area contributed by atoms with Gasteiger partial charge in [-0.2, -0.15) is 0 Å². The maximum atomic E-state index is 13.9. The number of nitrogens with one attached hydrogen (secondary N) is 2. The van der Waals surface area contributed by atoms with Gasteiger partial charge >= 0.3 is 0 Å². The molecule has 2 N–H and O–H groups in total. The molecule has 2 aromatic rings. The van der Waals surface area contributed by atoms with E-state index in [1.54, 1.807) is 13.8 Å². The molecule has 5 nitrogen and oxygen atoms in total. The minimum Gasteiger partial charge on any atom is -0.350 e. The number of halogens is 2. The van der Waals surface area contributed by atoms with Crippen LogP contribution in [0.3, 0.4) is 0 Å². The molecule has 0 aromatic heterocycles. The summed E-state index contributed by atoms with van der Waals surface area (Å²) in [7, 11) is 0. The number of likely N-dealkylation sites (tertiary alicyclic amines) is 1. The van der Waals surface area contributed by atoms with Crippen molar-refractivity contribution in [3.63, 3.8) is 0 Å². The van der Waals surface area contributed by atoms with Gasteiger partial charge in [0.1, 0.15) is 23.2 Å². The molecule has 0 radical (unpaired) electrons. The molecule has 2 amide bonds. The lowest BCUT2D eigenvalue weighted by Crippen LogP contribution is -2.49. The topological polar surface area (TPSA) is 61.4 Å². The van der Waals surface area contributed by atoms with Crippen molar-refractivity contribution < 1.29 is 18.4 Å². The number of rotatable bonds is 8. The van der Waals surface area contributed by atoms with Crippen LogP contribution in [-0.4, -0.2) is 35.8 Å². The van der Waals surface area contributed by atoms with E-state index in [1.165, 1.54) is 18.1 Å². The number of hydrogen-bond acceptors (Lipinski definition) is 3. The maximum Gasteiger partial charge on any atom is 0.257 e. The minimum absolute atomic E-state index is 0.268. The lowest BCUT2D eigenvalue weighted by Gasteiger charge is -2.35. The summed E-state index contributed by atoms with van der Waals surface area (Å²) in [6.45, 7) is 11.6. The van der Waals surface area contributed by atoms with Crippen LogP contribution in [0.1, 0.15) is 55.6 Å². The zero-order valence-corrected chi connectivity index (χ0v) is 20.4. The van der Waals surface area contributed by atoms with Crippen molar-refractivity contribution in [3.05, 3.63) is 70.8 Å². The highest BCUT2D eigenvalue weighted by Gasteiger charge is 2.27. The molecular weight excluding hydrogens is 436 g/mol. The third kappa shape index (κ3) is 6.86. The summed E-state index contributed by atoms with van der Waals surface area (Å²) in [6.07, 6.45) is 1.28. The van der Waals surface area contributed by atoms with Crippen LogP contribution in [0, 0.1) is 29.4 Å². The van der Waals surface area contributed by atoms with Crippen LogP contribution in [0.5, 0.6) is 0 Å². The molecule has 1 saturated heterocycles. The Morgan fingerprint density at radius 3 is 2.09 bits per heavy atom. The van der Waals surface area contributed by atoms with Crippen LogP contribution in [0.2, 0.25) is 0 Å². The van der Waals surface area contributed by atoms with Gasteiger partial charge in [0.2, 0.25) is 5.91 Å². The Kier molecular flexibility index (Phi) is 8.78. The summed E-state index contributed by atoms with van der Waals surface area (Å²) in [4.78, 5) is 27.7. The first-order valence-electron chi connectivity index (χ1n) is 12.0. The quantitative estimate of drug-likeness (QED) is 0.595. The van der Waals surface area contributed by atoms with Crippen LogP contribution in [0.4, 0.5) is 8.78 Å². The number of amides is 2. The van der Waals surface area contributed by atoms with Gasteiger partial charge in [0.05, 0.1) is 0 Å². The largest absolute Gasteiger partial charge is 0.350 e. The lowest BCUT2D eigenvalue weighted by molar-refractivity contribution is -0.124. The highest BCUT2D eigenvalue weighted by molar-refractivity contribution is 5.98. The van der Waals surface area contributed by atoms with Crippen molar-refractivity contribution in [3.8, 4) is 0 Å². The van der Waals surface area contributed by atoms with E-state index < -0.39 is 35.1 Å². The van der Waals surface area contributed by atoms with Crippen molar-refractivity contribution in [1.29, 1.82) is 0 Å². The first-order valence-corrected chi connectivity index (χ1v) is 12.0. The molecule has 0 spiro atoms. The number of carbonyl (C=O) groups is 2. The molecule has 0 bridgehead atoms. The molecule has 0 saturated carbocycles. The van der Waals surface area contributed by atoms with Gasteiger partial charge in [0.25, 0.3) is 5.91 Å². The van der Waals surface area contributed by atoms with E-state index in [1.807, 2.05) is 12.1 Å². The van der Waals surface area contributed by atoms with E-state index in [0.29, 0.717) is 18.4 Å². The van der Waals surface area contributed by atoms with Crippen LogP contribution in [0.15, 0.2) is 42.5 Å². The van der Waals surface area contributed by atoms with E-state index >= 15 is 0 Å². The predicted molar refractivity (Wildman–Crippen MR) is 129 cm³/mol. The van der Waals surface area contributed by atoms with Gasteiger partial charge in [-0.25, -0.2) is 8.78 Å². The normalized spacial score (nSPS) is 19.6. The van der Waals surface area contributed by atoms with E-state index in [0.717, 1.165) is 37.3 Å². The van der Waals surface area contributed by atoms with Crippen molar-refractivity contribution >= 4 is 11.8 Å². The van der Waals surface area contributed by atoms with Crippen molar-refractivity contribution in [1.82, 2.24) is 15.5 Å². The van der Waals surface area contributed by atoms with E-state index in [-0.39, 0.29) is 5.92 Å². The fourth-order valence-corrected chi connectivity index (χ4v) is 4.70. The number of hydrogen-bond donors (Lipinski definition) is 2. The minimum atomic E-state index is -0.964. The second kappa shape index (κ2) is 11.6. The SMILES string of the molecule is CC1CC(C)CN(Cc2ccc(CNC(=O)[C@@H](NC(=O)c3c(F)cccc3F)C(C)C)cc2)C1. The number of piperidine rings is 1. The summed E-state index contributed by atoms with van der Waals surface area (Å²) in [5, 5.41) is 5.30. The zero-order valence-electron chi connectivity index (χ0n) is 20.4. The van der Waals surface area contributed by atoms with Gasteiger partial charge in [0.15, 0.2) is 0 Å². The first-order chi connectivity index (χ1) is 16.1. The Bertz CT molecular complexity index is 964. The molecule has 1 aliphatic heterocycles. The second-order valence-corrected chi connectivity index (χ2v) is 9.97. The maximum absolute atomic E-state index is 13.9. The number of benzene rings is 2. The molecule has 1 heterocycles. The Morgan fingerprint density at radius 2 is 1.53 bits per heavy atom. The average molecular weight is 472 g/mol. The van der Waals surface area contributed by atoms with E-state index in [2.05, 4.69) is 41.5 Å². The first kappa shape index (κ1) is 25.8. The van der Waals surface area contributed by atoms with Gasteiger partial charge in [-0.15, -0.1) is 0 Å². The standard InChI is InChI=1S/C27H35F2N3O2/c1-17(2)25(31-26(33)24-22(28)6-5-7-23(24)29)27(34)30-13-20-8-10-21(11-9-20)16-32-14-18(3)12-19(4)15-32/h5-11,17-19,25H,12-16H2,1-4H3,(H,30,34)(H,31,33)/t18?,19?,25-/m0/s1. The molecule has 2 aromatic carbocycles. The third-order valence-corrected chi connectivity index (χ3v) is 6.27. The summed E-state index contributed by atoms with van der Waals surface area (Å²) < 4.78 is 27.9. The summed E-state index contributed by atoms with van der Waals surface area (Å²) in [6, 6.07) is 10.4. The van der Waals surface area contributed by atoms with Gasteiger partial charge < -0.3 is 10.6 Å². The molecule has 2 unspecified atom stereocenters.